The van der Waals surface area contributed by atoms with E-state index in [2.05, 4.69) is 10.2 Å². The first-order valence-electron chi connectivity index (χ1n) is 8.69. The van der Waals surface area contributed by atoms with E-state index in [1.807, 2.05) is 42.5 Å². The van der Waals surface area contributed by atoms with E-state index in [0.29, 0.717) is 32.6 Å². The van der Waals surface area contributed by atoms with E-state index < -0.39 is 10.2 Å². The fourth-order valence-corrected chi connectivity index (χ4v) is 5.11. The molecule has 0 saturated carbocycles. The maximum atomic E-state index is 12.8. The first-order chi connectivity index (χ1) is 12.1. The van der Waals surface area contributed by atoms with Crippen LogP contribution in [-0.4, -0.2) is 46.9 Å². The lowest BCUT2D eigenvalue weighted by molar-refractivity contribution is 0.344. The number of hydrogen-bond acceptors (Lipinski definition) is 3. The average Bonchev–Trinajstić information content (AvgIpc) is 3.31. The Morgan fingerprint density at radius 2 is 1.76 bits per heavy atom. The van der Waals surface area contributed by atoms with Gasteiger partial charge >= 0.3 is 0 Å². The van der Waals surface area contributed by atoms with Gasteiger partial charge in [0.2, 0.25) is 0 Å². The minimum Gasteiger partial charge on any atom is -0.282 e. The van der Waals surface area contributed by atoms with Gasteiger partial charge in [-0.15, -0.1) is 0 Å². The minimum absolute atomic E-state index is 0.388. The van der Waals surface area contributed by atoms with Crippen molar-refractivity contribution in [1.82, 2.24) is 18.8 Å². The van der Waals surface area contributed by atoms with Crippen molar-refractivity contribution in [3.05, 3.63) is 52.8 Å². The Morgan fingerprint density at radius 1 is 1.00 bits per heavy atom. The third-order valence-electron chi connectivity index (χ3n) is 4.88. The molecule has 0 radical (unpaired) electrons. The summed E-state index contributed by atoms with van der Waals surface area (Å²) in [7, 11) is -3.37. The summed E-state index contributed by atoms with van der Waals surface area (Å²) in [6.45, 7) is 2.17. The smallest absolute Gasteiger partial charge is 0.282 e. The number of rotatable bonds is 4. The van der Waals surface area contributed by atoms with Crippen LogP contribution in [0.3, 0.4) is 0 Å². The molecular weight excluding hydrogens is 336 g/mol. The summed E-state index contributed by atoms with van der Waals surface area (Å²) in [5.74, 6) is 0. The number of H-pyrrole nitrogens is 1. The van der Waals surface area contributed by atoms with E-state index in [1.54, 1.807) is 8.61 Å². The van der Waals surface area contributed by atoms with Crippen LogP contribution in [0.5, 0.6) is 0 Å². The second-order valence-corrected chi connectivity index (χ2v) is 8.44. The molecule has 1 saturated heterocycles. The molecule has 0 atom stereocenters. The van der Waals surface area contributed by atoms with Crippen molar-refractivity contribution in [3.8, 4) is 0 Å². The van der Waals surface area contributed by atoms with E-state index in [1.165, 1.54) is 0 Å². The van der Waals surface area contributed by atoms with Crippen molar-refractivity contribution >= 4 is 22.4 Å². The largest absolute Gasteiger partial charge is 0.282 e. The molecule has 132 valence electrons. The molecule has 0 bridgehead atoms. The summed E-state index contributed by atoms with van der Waals surface area (Å²) in [4.78, 5) is 0. The molecule has 7 heteroatoms. The zero-order valence-corrected chi connectivity index (χ0v) is 14.9. The van der Waals surface area contributed by atoms with E-state index >= 15 is 0 Å². The van der Waals surface area contributed by atoms with Gasteiger partial charge in [-0.05, 0) is 24.5 Å². The molecule has 25 heavy (non-hydrogen) atoms. The second kappa shape index (κ2) is 6.74. The van der Waals surface area contributed by atoms with Gasteiger partial charge in [-0.25, -0.2) is 0 Å². The molecule has 6 nitrogen and oxygen atoms in total. The second-order valence-electron chi connectivity index (χ2n) is 6.51. The Morgan fingerprint density at radius 3 is 2.52 bits per heavy atom. The van der Waals surface area contributed by atoms with Crippen molar-refractivity contribution in [1.29, 1.82) is 0 Å². The number of hydrogen-bond donors (Lipinski definition) is 1. The van der Waals surface area contributed by atoms with E-state index in [9.17, 15) is 8.42 Å². The molecule has 1 aromatic heterocycles. The van der Waals surface area contributed by atoms with Gasteiger partial charge < -0.3 is 0 Å². The molecule has 2 aliphatic rings. The van der Waals surface area contributed by atoms with Crippen molar-refractivity contribution in [3.63, 3.8) is 0 Å². The van der Waals surface area contributed by atoms with Gasteiger partial charge in [-0.1, -0.05) is 36.4 Å². The van der Waals surface area contributed by atoms with E-state index in [0.717, 1.165) is 35.4 Å². The number of nitrogens with zero attached hydrogens (tertiary/aromatic N) is 3. The van der Waals surface area contributed by atoms with Gasteiger partial charge in [0.1, 0.15) is 0 Å². The van der Waals surface area contributed by atoms with Crippen LogP contribution in [0.1, 0.15) is 35.4 Å². The first kappa shape index (κ1) is 16.5. The Hall–Kier alpha value is -1.96. The summed E-state index contributed by atoms with van der Waals surface area (Å²) in [6.07, 6.45) is 6.54. The highest BCUT2D eigenvalue weighted by Crippen LogP contribution is 2.26. The minimum atomic E-state index is -3.37. The molecule has 0 unspecified atom stereocenters. The van der Waals surface area contributed by atoms with Crippen LogP contribution in [0.15, 0.2) is 30.3 Å². The average molecular weight is 358 g/mol. The third kappa shape index (κ3) is 3.27. The molecule has 4 rings (SSSR count). The number of aromatic amines is 1. The summed E-state index contributed by atoms with van der Waals surface area (Å²) in [5, 5.41) is 7.45. The number of benzene rings is 1. The highest BCUT2D eigenvalue weighted by atomic mass is 32.2. The van der Waals surface area contributed by atoms with Crippen LogP contribution < -0.4 is 0 Å². The topological polar surface area (TPSA) is 69.3 Å². The Labute approximate surface area is 148 Å². The number of fused-ring (bicyclic) bond motifs is 1. The van der Waals surface area contributed by atoms with E-state index in [-0.39, 0.29) is 0 Å². The normalized spacial score (nSPS) is 19.5. The van der Waals surface area contributed by atoms with Gasteiger partial charge in [0.25, 0.3) is 10.2 Å². The van der Waals surface area contributed by atoms with E-state index in [4.69, 9.17) is 0 Å². The SMILES string of the molecule is O=S(=O)(N1CCCC1)N1CCc2[nH]nc(/C=C/c3ccccc3)c2C1. The summed E-state index contributed by atoms with van der Waals surface area (Å²) < 4.78 is 28.8. The maximum absolute atomic E-state index is 12.8. The van der Waals surface area contributed by atoms with Crippen molar-refractivity contribution in [2.24, 2.45) is 0 Å². The fraction of sp³-hybridized carbons (Fsp3) is 0.389. The molecule has 0 amide bonds. The highest BCUT2D eigenvalue weighted by Gasteiger charge is 2.34. The molecule has 1 fully saturated rings. The molecule has 1 N–H and O–H groups in total. The summed E-state index contributed by atoms with van der Waals surface area (Å²) in [6, 6.07) is 10.0. The summed E-state index contributed by atoms with van der Waals surface area (Å²) >= 11 is 0. The Balaban J connectivity index is 1.56. The Kier molecular flexibility index (Phi) is 4.45. The van der Waals surface area contributed by atoms with Crippen LogP contribution in [0, 0.1) is 0 Å². The molecular formula is C18H22N4O2S. The molecule has 1 aromatic carbocycles. The van der Waals surface area contributed by atoms with Crippen LogP contribution in [0.4, 0.5) is 0 Å². The maximum Gasteiger partial charge on any atom is 0.282 e. The summed E-state index contributed by atoms with van der Waals surface area (Å²) in [5.41, 5.74) is 3.94. The monoisotopic (exact) mass is 358 g/mol. The zero-order chi connectivity index (χ0) is 17.3. The van der Waals surface area contributed by atoms with Gasteiger partial charge in [-0.3, -0.25) is 5.10 Å². The van der Waals surface area contributed by atoms with Gasteiger partial charge in [0, 0.05) is 43.9 Å². The number of nitrogens with one attached hydrogen (secondary N) is 1. The third-order valence-corrected chi connectivity index (χ3v) is 6.86. The van der Waals surface area contributed by atoms with Crippen molar-refractivity contribution in [2.75, 3.05) is 19.6 Å². The van der Waals surface area contributed by atoms with Crippen LogP contribution in [0.2, 0.25) is 0 Å². The van der Waals surface area contributed by atoms with Crippen molar-refractivity contribution in [2.45, 2.75) is 25.8 Å². The highest BCUT2D eigenvalue weighted by molar-refractivity contribution is 7.86. The lowest BCUT2D eigenvalue weighted by Gasteiger charge is -2.30. The first-order valence-corrected chi connectivity index (χ1v) is 10.1. The molecule has 0 aliphatic carbocycles. The molecule has 2 aromatic rings. The van der Waals surface area contributed by atoms with Gasteiger partial charge in [0.05, 0.1) is 5.69 Å². The lowest BCUT2D eigenvalue weighted by Crippen LogP contribution is -2.44. The predicted octanol–water partition coefficient (Wildman–Crippen LogP) is 2.28. The van der Waals surface area contributed by atoms with Gasteiger partial charge in [0.15, 0.2) is 0 Å². The van der Waals surface area contributed by atoms with Crippen LogP contribution in [0.25, 0.3) is 12.2 Å². The quantitative estimate of drug-likeness (QED) is 0.912. The van der Waals surface area contributed by atoms with Gasteiger partial charge in [-0.2, -0.15) is 22.1 Å². The standard InChI is InChI=1S/C18H22N4O2S/c23-25(24,21-11-4-5-12-21)22-13-10-18-16(14-22)17(19-20-18)9-8-15-6-2-1-3-7-15/h1-3,6-9H,4-5,10-14H2,(H,19,20)/b9-8+. The predicted molar refractivity (Wildman–Crippen MR) is 97.8 cm³/mol. The van der Waals surface area contributed by atoms with Crippen LogP contribution >= 0.6 is 0 Å². The fourth-order valence-electron chi connectivity index (χ4n) is 3.45. The molecule has 3 heterocycles. The van der Waals surface area contributed by atoms with Crippen molar-refractivity contribution < 1.29 is 8.42 Å². The zero-order valence-electron chi connectivity index (χ0n) is 14.1. The van der Waals surface area contributed by atoms with Crippen LogP contribution in [-0.2, 0) is 23.2 Å². The lowest BCUT2D eigenvalue weighted by atomic mass is 10.1. The Bertz CT molecular complexity index is 868. The molecule has 0 spiro atoms. The molecule has 2 aliphatic heterocycles. The number of aromatic nitrogens is 2.